The van der Waals surface area contributed by atoms with Crippen LogP contribution in [0.3, 0.4) is 0 Å². The van der Waals surface area contributed by atoms with Crippen molar-refractivity contribution in [3.05, 3.63) is 41.6 Å². The van der Waals surface area contributed by atoms with E-state index >= 15 is 0 Å². The summed E-state index contributed by atoms with van der Waals surface area (Å²) in [4.78, 5) is 12.4. The summed E-state index contributed by atoms with van der Waals surface area (Å²) in [5.41, 5.74) is 0.128. The maximum absolute atomic E-state index is 12.4. The van der Waals surface area contributed by atoms with Crippen molar-refractivity contribution < 1.29 is 14.3 Å². The topological polar surface area (TPSA) is 80.3 Å². The summed E-state index contributed by atoms with van der Waals surface area (Å²) < 4.78 is 6.87. The Labute approximate surface area is 130 Å². The van der Waals surface area contributed by atoms with E-state index < -0.39 is 5.60 Å². The van der Waals surface area contributed by atoms with Crippen LogP contribution < -0.4 is 5.32 Å². The number of aliphatic hydroxyl groups is 1. The molecule has 0 radical (unpaired) electrons. The van der Waals surface area contributed by atoms with Crippen LogP contribution in [0.2, 0.25) is 0 Å². The minimum absolute atomic E-state index is 0.0608. The van der Waals surface area contributed by atoms with E-state index in [2.05, 4.69) is 10.4 Å². The van der Waals surface area contributed by atoms with Gasteiger partial charge < -0.3 is 14.8 Å². The van der Waals surface area contributed by atoms with E-state index in [4.69, 9.17) is 4.42 Å². The molecule has 0 fully saturated rings. The number of carbonyl (C=O) groups is 1. The molecule has 2 N–H and O–H groups in total. The Morgan fingerprint density at radius 3 is 2.82 bits per heavy atom. The predicted molar refractivity (Wildman–Crippen MR) is 82.6 cm³/mol. The number of furan rings is 1. The summed E-state index contributed by atoms with van der Waals surface area (Å²) in [7, 11) is 0. The van der Waals surface area contributed by atoms with Crippen molar-refractivity contribution in [3.63, 3.8) is 0 Å². The minimum atomic E-state index is -1.25. The maximum atomic E-state index is 12.4. The van der Waals surface area contributed by atoms with E-state index in [0.29, 0.717) is 18.0 Å². The largest absolute Gasteiger partial charge is 0.466 e. The molecule has 6 nitrogen and oxygen atoms in total. The Morgan fingerprint density at radius 1 is 1.55 bits per heavy atom. The molecule has 0 aliphatic rings. The van der Waals surface area contributed by atoms with Crippen molar-refractivity contribution >= 4 is 5.91 Å². The highest BCUT2D eigenvalue weighted by Gasteiger charge is 2.27. The zero-order valence-corrected chi connectivity index (χ0v) is 13.5. The van der Waals surface area contributed by atoms with Gasteiger partial charge >= 0.3 is 0 Å². The third-order valence-corrected chi connectivity index (χ3v) is 3.57. The molecule has 120 valence electrons. The van der Waals surface area contributed by atoms with Crippen molar-refractivity contribution in [1.82, 2.24) is 15.1 Å². The number of carbonyl (C=O) groups excluding carboxylic acids is 1. The maximum Gasteiger partial charge on any atom is 0.269 e. The van der Waals surface area contributed by atoms with Crippen molar-refractivity contribution in [3.8, 4) is 0 Å². The Hall–Kier alpha value is -2.08. The molecule has 1 unspecified atom stereocenters. The molecule has 22 heavy (non-hydrogen) atoms. The zero-order valence-electron chi connectivity index (χ0n) is 13.5. The van der Waals surface area contributed by atoms with Crippen molar-refractivity contribution in [1.29, 1.82) is 0 Å². The molecule has 1 amide bonds. The first-order valence-corrected chi connectivity index (χ1v) is 7.47. The molecule has 2 heterocycles. The zero-order chi connectivity index (χ0) is 16.3. The monoisotopic (exact) mass is 305 g/mol. The number of amides is 1. The van der Waals surface area contributed by atoms with Gasteiger partial charge in [0, 0.05) is 6.54 Å². The van der Waals surface area contributed by atoms with E-state index in [-0.39, 0.29) is 18.4 Å². The molecule has 2 aromatic heterocycles. The Balaban J connectivity index is 2.09. The van der Waals surface area contributed by atoms with Crippen LogP contribution >= 0.6 is 0 Å². The van der Waals surface area contributed by atoms with Gasteiger partial charge in [-0.05, 0) is 38.0 Å². The van der Waals surface area contributed by atoms with Crippen molar-refractivity contribution in [2.45, 2.75) is 45.8 Å². The van der Waals surface area contributed by atoms with Crippen molar-refractivity contribution in [2.24, 2.45) is 0 Å². The fourth-order valence-corrected chi connectivity index (χ4v) is 2.16. The first-order chi connectivity index (χ1) is 10.3. The minimum Gasteiger partial charge on any atom is -0.466 e. The molecule has 0 saturated carbocycles. The predicted octanol–water partition coefficient (Wildman–Crippen LogP) is 2.26. The summed E-state index contributed by atoms with van der Waals surface area (Å²) in [6.07, 6.45) is 1.49. The summed E-state index contributed by atoms with van der Waals surface area (Å²) in [5, 5.41) is 17.5. The van der Waals surface area contributed by atoms with Crippen LogP contribution in [-0.2, 0) is 12.1 Å². The Bertz CT molecular complexity index is 627. The molecule has 2 rings (SSSR count). The summed E-state index contributed by atoms with van der Waals surface area (Å²) in [5.74, 6) is 0.415. The van der Waals surface area contributed by atoms with Gasteiger partial charge in [0.05, 0.1) is 18.5 Å². The van der Waals surface area contributed by atoms with Crippen LogP contribution in [0, 0.1) is 0 Å². The highest BCUT2D eigenvalue weighted by molar-refractivity contribution is 5.92. The molecular formula is C16H23N3O3. The molecule has 0 aliphatic heterocycles. The van der Waals surface area contributed by atoms with E-state index in [1.54, 1.807) is 29.8 Å². The molecule has 0 aliphatic carbocycles. The number of nitrogens with zero attached hydrogens (tertiary/aromatic N) is 2. The van der Waals surface area contributed by atoms with Crippen LogP contribution in [0.4, 0.5) is 0 Å². The van der Waals surface area contributed by atoms with Gasteiger partial charge in [0.25, 0.3) is 5.91 Å². The fourth-order valence-electron chi connectivity index (χ4n) is 2.16. The third-order valence-electron chi connectivity index (χ3n) is 3.57. The lowest BCUT2D eigenvalue weighted by atomic mass is 10.0. The van der Waals surface area contributed by atoms with Gasteiger partial charge in [-0.1, -0.05) is 13.8 Å². The average molecular weight is 305 g/mol. The quantitative estimate of drug-likeness (QED) is 0.858. The summed E-state index contributed by atoms with van der Waals surface area (Å²) in [6, 6.07) is 5.18. The second kappa shape index (κ2) is 6.36. The lowest BCUT2D eigenvalue weighted by Crippen LogP contribution is -2.39. The number of nitrogens with one attached hydrogen (secondary N) is 1. The molecule has 2 aromatic rings. The molecule has 0 bridgehead atoms. The van der Waals surface area contributed by atoms with E-state index in [9.17, 15) is 9.90 Å². The lowest BCUT2D eigenvalue weighted by Gasteiger charge is -2.21. The van der Waals surface area contributed by atoms with Crippen LogP contribution in [0.15, 0.2) is 28.9 Å². The molecule has 0 aromatic carbocycles. The molecule has 0 saturated heterocycles. The van der Waals surface area contributed by atoms with Gasteiger partial charge in [-0.3, -0.25) is 9.48 Å². The number of hydrogen-bond acceptors (Lipinski definition) is 4. The summed E-state index contributed by atoms with van der Waals surface area (Å²) in [6.45, 7) is 8.28. The number of rotatable bonds is 6. The van der Waals surface area contributed by atoms with Crippen LogP contribution in [0.1, 0.15) is 55.6 Å². The number of aryl methyl sites for hydroxylation is 1. The van der Waals surface area contributed by atoms with Gasteiger partial charge in [-0.2, -0.15) is 5.10 Å². The first kappa shape index (κ1) is 16.3. The average Bonchev–Trinajstić information content (AvgIpc) is 3.13. The van der Waals surface area contributed by atoms with E-state index in [1.807, 2.05) is 20.8 Å². The van der Waals surface area contributed by atoms with Gasteiger partial charge in [0.15, 0.2) is 0 Å². The second-order valence-corrected chi connectivity index (χ2v) is 5.86. The molecule has 0 spiro atoms. The van der Waals surface area contributed by atoms with Gasteiger partial charge in [-0.25, -0.2) is 0 Å². The normalized spacial score (nSPS) is 14.1. The molecular weight excluding hydrogens is 282 g/mol. The summed E-state index contributed by atoms with van der Waals surface area (Å²) >= 11 is 0. The van der Waals surface area contributed by atoms with Crippen LogP contribution in [0.25, 0.3) is 0 Å². The second-order valence-electron chi connectivity index (χ2n) is 5.86. The van der Waals surface area contributed by atoms with Crippen LogP contribution in [0.5, 0.6) is 0 Å². The van der Waals surface area contributed by atoms with Gasteiger partial charge in [0.2, 0.25) is 0 Å². The SMILES string of the molecule is CCn1nc(C(C)C)cc1C(=O)NCC(C)(O)c1ccco1. The number of hydrogen-bond donors (Lipinski definition) is 2. The molecule has 6 heteroatoms. The third kappa shape index (κ3) is 3.39. The van der Waals surface area contributed by atoms with Gasteiger partial charge in [0.1, 0.15) is 17.1 Å². The smallest absolute Gasteiger partial charge is 0.269 e. The number of aromatic nitrogens is 2. The standard InChI is InChI=1S/C16H23N3O3/c1-5-19-13(9-12(18-19)11(2)3)15(20)17-10-16(4,21)14-7-6-8-22-14/h6-9,11,21H,5,10H2,1-4H3,(H,17,20). The Morgan fingerprint density at radius 2 is 2.27 bits per heavy atom. The Kier molecular flexibility index (Phi) is 4.71. The van der Waals surface area contributed by atoms with E-state index in [0.717, 1.165) is 5.69 Å². The van der Waals surface area contributed by atoms with Crippen LogP contribution in [-0.4, -0.2) is 27.3 Å². The van der Waals surface area contributed by atoms with Crippen molar-refractivity contribution in [2.75, 3.05) is 6.54 Å². The van der Waals surface area contributed by atoms with Gasteiger partial charge in [-0.15, -0.1) is 0 Å². The first-order valence-electron chi connectivity index (χ1n) is 7.47. The highest BCUT2D eigenvalue weighted by atomic mass is 16.4. The van der Waals surface area contributed by atoms with E-state index in [1.165, 1.54) is 6.26 Å². The lowest BCUT2D eigenvalue weighted by molar-refractivity contribution is 0.0328. The fraction of sp³-hybridized carbons (Fsp3) is 0.500. The highest BCUT2D eigenvalue weighted by Crippen LogP contribution is 2.20. The molecule has 1 atom stereocenters.